The summed E-state index contributed by atoms with van der Waals surface area (Å²) in [6.45, 7) is 11.8. The van der Waals surface area contributed by atoms with Crippen LogP contribution in [0.25, 0.3) is 33.7 Å². The highest BCUT2D eigenvalue weighted by Gasteiger charge is 2.06. The maximum Gasteiger partial charge on any atom is -0.00270 e. The van der Waals surface area contributed by atoms with Crippen LogP contribution in [0.1, 0.15) is 25.0 Å². The fourth-order valence-corrected chi connectivity index (χ4v) is 2.54. The molecule has 0 aliphatic rings. The standard InChI is InChI=1S/C18H14.C2H6/c1-3-13-9-11-15-12-10-14-7-5-6-8-17(14)18(15)16(13)4-2;1-2/h3-12H,1-2H2;1-2H3. The van der Waals surface area contributed by atoms with Gasteiger partial charge in [0.1, 0.15) is 0 Å². The lowest BCUT2D eigenvalue weighted by molar-refractivity contribution is 1.50. The van der Waals surface area contributed by atoms with Gasteiger partial charge in [-0.15, -0.1) is 0 Å². The zero-order chi connectivity index (χ0) is 14.5. The maximum absolute atomic E-state index is 3.95. The summed E-state index contributed by atoms with van der Waals surface area (Å²) in [5.74, 6) is 0. The van der Waals surface area contributed by atoms with Crippen molar-refractivity contribution in [2.24, 2.45) is 0 Å². The van der Waals surface area contributed by atoms with Crippen LogP contribution in [0, 0.1) is 0 Å². The first-order valence-corrected chi connectivity index (χ1v) is 7.04. The van der Waals surface area contributed by atoms with E-state index in [0.29, 0.717) is 0 Å². The maximum atomic E-state index is 3.95. The SMILES string of the molecule is C=Cc1ccc2ccc3ccccc3c2c1C=C.CC. The molecule has 0 radical (unpaired) electrons. The second kappa shape index (κ2) is 6.21. The Morgan fingerprint density at radius 1 is 0.750 bits per heavy atom. The lowest BCUT2D eigenvalue weighted by Crippen LogP contribution is -1.86. The molecule has 100 valence electrons. The second-order valence-electron chi connectivity index (χ2n) is 4.36. The van der Waals surface area contributed by atoms with E-state index in [1.807, 2.05) is 26.0 Å². The van der Waals surface area contributed by atoms with Gasteiger partial charge in [-0.3, -0.25) is 0 Å². The van der Waals surface area contributed by atoms with Crippen LogP contribution in [0.3, 0.4) is 0 Å². The molecule has 0 unspecified atom stereocenters. The summed E-state index contributed by atoms with van der Waals surface area (Å²) in [6.07, 6.45) is 3.81. The predicted octanol–water partition coefficient (Wildman–Crippen LogP) is 6.31. The Bertz CT molecular complexity index is 763. The van der Waals surface area contributed by atoms with E-state index in [-0.39, 0.29) is 0 Å². The summed E-state index contributed by atoms with van der Waals surface area (Å²) in [7, 11) is 0. The summed E-state index contributed by atoms with van der Waals surface area (Å²) in [6, 6.07) is 17.0. The van der Waals surface area contributed by atoms with Crippen molar-refractivity contribution in [1.82, 2.24) is 0 Å². The molecule has 0 saturated heterocycles. The van der Waals surface area contributed by atoms with Crippen molar-refractivity contribution in [3.63, 3.8) is 0 Å². The molecule has 20 heavy (non-hydrogen) atoms. The van der Waals surface area contributed by atoms with Crippen LogP contribution in [-0.2, 0) is 0 Å². The van der Waals surface area contributed by atoms with Crippen LogP contribution in [0.4, 0.5) is 0 Å². The van der Waals surface area contributed by atoms with Gasteiger partial charge >= 0.3 is 0 Å². The van der Waals surface area contributed by atoms with E-state index in [9.17, 15) is 0 Å². The Kier molecular flexibility index (Phi) is 4.37. The van der Waals surface area contributed by atoms with Gasteiger partial charge < -0.3 is 0 Å². The predicted molar refractivity (Wildman–Crippen MR) is 93.0 cm³/mol. The zero-order valence-electron chi connectivity index (χ0n) is 12.2. The largest absolute Gasteiger partial charge is 0.0984 e. The smallest absolute Gasteiger partial charge is 0.00270 e. The molecule has 0 aliphatic carbocycles. The molecule has 0 aromatic heterocycles. The van der Waals surface area contributed by atoms with E-state index in [0.717, 1.165) is 5.56 Å². The average Bonchev–Trinajstić information content (AvgIpc) is 2.55. The molecule has 3 aromatic rings. The Balaban J connectivity index is 0.000000704. The number of benzene rings is 3. The van der Waals surface area contributed by atoms with Gasteiger partial charge in [0, 0.05) is 0 Å². The van der Waals surface area contributed by atoms with Crippen molar-refractivity contribution >= 4 is 33.7 Å². The van der Waals surface area contributed by atoms with Gasteiger partial charge in [0.2, 0.25) is 0 Å². The molecule has 0 atom stereocenters. The highest BCUT2D eigenvalue weighted by Crippen LogP contribution is 2.31. The molecule has 0 spiro atoms. The minimum absolute atomic E-state index is 1.13. The van der Waals surface area contributed by atoms with E-state index < -0.39 is 0 Å². The molecule has 3 aromatic carbocycles. The van der Waals surface area contributed by atoms with Crippen molar-refractivity contribution in [2.45, 2.75) is 13.8 Å². The molecule has 0 bridgehead atoms. The van der Waals surface area contributed by atoms with E-state index >= 15 is 0 Å². The van der Waals surface area contributed by atoms with Crippen molar-refractivity contribution in [2.75, 3.05) is 0 Å². The van der Waals surface area contributed by atoms with Gasteiger partial charge in [0.25, 0.3) is 0 Å². The molecule has 3 rings (SSSR count). The summed E-state index contributed by atoms with van der Waals surface area (Å²) in [4.78, 5) is 0. The van der Waals surface area contributed by atoms with Crippen LogP contribution in [0.15, 0.2) is 61.7 Å². The first-order chi connectivity index (χ1) is 9.85. The first kappa shape index (κ1) is 14.1. The Morgan fingerprint density at radius 2 is 1.40 bits per heavy atom. The Labute approximate surface area is 121 Å². The lowest BCUT2D eigenvalue weighted by Gasteiger charge is -2.10. The topological polar surface area (TPSA) is 0 Å². The Morgan fingerprint density at radius 3 is 2.10 bits per heavy atom. The fraction of sp³-hybridized carbons (Fsp3) is 0.100. The molecule has 0 fully saturated rings. The first-order valence-electron chi connectivity index (χ1n) is 7.04. The molecule has 0 N–H and O–H groups in total. The number of hydrogen-bond acceptors (Lipinski definition) is 0. The molecule has 0 saturated carbocycles. The van der Waals surface area contributed by atoms with Gasteiger partial charge in [-0.1, -0.05) is 87.7 Å². The van der Waals surface area contributed by atoms with Crippen LogP contribution < -0.4 is 0 Å². The highest BCUT2D eigenvalue weighted by atomic mass is 14.1. The summed E-state index contributed by atoms with van der Waals surface area (Å²) in [5.41, 5.74) is 2.30. The number of rotatable bonds is 2. The molecule has 0 heterocycles. The van der Waals surface area contributed by atoms with E-state index in [2.05, 4.69) is 61.7 Å². The third kappa shape index (κ3) is 2.25. The highest BCUT2D eigenvalue weighted by molar-refractivity contribution is 6.12. The number of fused-ring (bicyclic) bond motifs is 3. The van der Waals surface area contributed by atoms with Gasteiger partial charge in [0.05, 0.1) is 0 Å². The summed E-state index contributed by atoms with van der Waals surface area (Å²) >= 11 is 0. The zero-order valence-corrected chi connectivity index (χ0v) is 12.2. The molecule has 0 aliphatic heterocycles. The second-order valence-corrected chi connectivity index (χ2v) is 4.36. The van der Waals surface area contributed by atoms with Gasteiger partial charge in [0.15, 0.2) is 0 Å². The van der Waals surface area contributed by atoms with Crippen LogP contribution in [0.5, 0.6) is 0 Å². The minimum atomic E-state index is 1.13. The minimum Gasteiger partial charge on any atom is -0.0984 e. The molecular formula is C20H20. The van der Waals surface area contributed by atoms with Crippen LogP contribution >= 0.6 is 0 Å². The van der Waals surface area contributed by atoms with Gasteiger partial charge in [-0.05, 0) is 32.7 Å². The van der Waals surface area contributed by atoms with E-state index in [1.54, 1.807) is 0 Å². The molecule has 0 heteroatoms. The lowest BCUT2D eigenvalue weighted by atomic mass is 9.94. The van der Waals surface area contributed by atoms with Gasteiger partial charge in [-0.25, -0.2) is 0 Å². The van der Waals surface area contributed by atoms with Crippen LogP contribution in [0.2, 0.25) is 0 Å². The van der Waals surface area contributed by atoms with Crippen molar-refractivity contribution in [3.8, 4) is 0 Å². The van der Waals surface area contributed by atoms with Crippen molar-refractivity contribution in [3.05, 3.63) is 72.8 Å². The third-order valence-corrected chi connectivity index (χ3v) is 3.41. The molecule has 0 nitrogen and oxygen atoms in total. The third-order valence-electron chi connectivity index (χ3n) is 3.41. The summed E-state index contributed by atoms with van der Waals surface area (Å²) < 4.78 is 0. The van der Waals surface area contributed by atoms with Crippen molar-refractivity contribution < 1.29 is 0 Å². The van der Waals surface area contributed by atoms with E-state index in [4.69, 9.17) is 0 Å². The van der Waals surface area contributed by atoms with Crippen LogP contribution in [-0.4, -0.2) is 0 Å². The fourth-order valence-electron chi connectivity index (χ4n) is 2.54. The van der Waals surface area contributed by atoms with E-state index in [1.165, 1.54) is 27.1 Å². The summed E-state index contributed by atoms with van der Waals surface area (Å²) in [5, 5.41) is 5.04. The molecule has 0 amide bonds. The monoisotopic (exact) mass is 260 g/mol. The Hall–Kier alpha value is -2.34. The number of hydrogen-bond donors (Lipinski definition) is 0. The average molecular weight is 260 g/mol. The quantitative estimate of drug-likeness (QED) is 0.474. The van der Waals surface area contributed by atoms with Gasteiger partial charge in [-0.2, -0.15) is 0 Å². The molecular weight excluding hydrogens is 240 g/mol. The normalized spacial score (nSPS) is 9.90. The van der Waals surface area contributed by atoms with Crippen molar-refractivity contribution in [1.29, 1.82) is 0 Å².